The maximum absolute atomic E-state index is 13.0. The second-order valence-corrected chi connectivity index (χ2v) is 10.9. The molecule has 33 heavy (non-hydrogen) atoms. The van der Waals surface area contributed by atoms with E-state index in [4.69, 9.17) is 0 Å². The standard InChI is InChI=1S/C23H30N4O5S/c1-15-8-10-26(11-9-15)21-7-6-18(13-22(21)27(29)30)23(28)24-20-14-19(12-16(2)17(20)3)33(31,32)25(4)5/h6-7,12-15H,8-11H2,1-5H3,(H,24,28). The Morgan fingerprint density at radius 3 is 2.36 bits per heavy atom. The summed E-state index contributed by atoms with van der Waals surface area (Å²) in [6, 6.07) is 7.43. The third-order valence-corrected chi connectivity index (χ3v) is 8.02. The highest BCUT2D eigenvalue weighted by Gasteiger charge is 2.25. The van der Waals surface area contributed by atoms with Crippen LogP contribution in [0.5, 0.6) is 0 Å². The first-order valence-electron chi connectivity index (χ1n) is 10.8. The summed E-state index contributed by atoms with van der Waals surface area (Å²) < 4.78 is 26.2. The number of nitro benzene ring substituents is 1. The Morgan fingerprint density at radius 2 is 1.79 bits per heavy atom. The number of nitrogens with one attached hydrogen (secondary N) is 1. The van der Waals surface area contributed by atoms with Gasteiger partial charge in [-0.2, -0.15) is 0 Å². The molecule has 0 bridgehead atoms. The molecule has 2 aromatic carbocycles. The van der Waals surface area contributed by atoms with Crippen molar-refractivity contribution in [3.05, 3.63) is 57.1 Å². The van der Waals surface area contributed by atoms with Crippen LogP contribution in [0.3, 0.4) is 0 Å². The summed E-state index contributed by atoms with van der Waals surface area (Å²) in [5, 5.41) is 14.5. The Kier molecular flexibility index (Phi) is 7.08. The zero-order valence-corrected chi connectivity index (χ0v) is 20.4. The molecule has 1 fully saturated rings. The molecular weight excluding hydrogens is 444 g/mol. The maximum atomic E-state index is 13.0. The van der Waals surface area contributed by atoms with E-state index in [1.165, 1.54) is 26.2 Å². The number of nitrogens with zero attached hydrogens (tertiary/aromatic N) is 3. The Bertz CT molecular complexity index is 1190. The second-order valence-electron chi connectivity index (χ2n) is 8.78. The molecule has 0 spiro atoms. The molecule has 1 aliphatic heterocycles. The number of sulfonamides is 1. The number of nitro groups is 1. The molecule has 0 saturated carbocycles. The lowest BCUT2D eigenvalue weighted by Gasteiger charge is -2.31. The zero-order chi connectivity index (χ0) is 24.5. The molecule has 1 heterocycles. The van der Waals surface area contributed by atoms with E-state index < -0.39 is 20.9 Å². The number of hydrogen-bond acceptors (Lipinski definition) is 6. The van der Waals surface area contributed by atoms with Crippen molar-refractivity contribution in [1.82, 2.24) is 4.31 Å². The first-order valence-corrected chi connectivity index (χ1v) is 12.2. The lowest BCUT2D eigenvalue weighted by Crippen LogP contribution is -2.33. The van der Waals surface area contributed by atoms with Crippen molar-refractivity contribution in [2.45, 2.75) is 38.5 Å². The minimum absolute atomic E-state index is 0.0616. The number of benzene rings is 2. The van der Waals surface area contributed by atoms with Crippen LogP contribution < -0.4 is 10.2 Å². The van der Waals surface area contributed by atoms with E-state index in [0.717, 1.165) is 35.8 Å². The highest BCUT2D eigenvalue weighted by molar-refractivity contribution is 7.89. The Balaban J connectivity index is 1.93. The van der Waals surface area contributed by atoms with Crippen LogP contribution in [0.1, 0.15) is 41.3 Å². The average molecular weight is 475 g/mol. The van der Waals surface area contributed by atoms with Gasteiger partial charge in [0.2, 0.25) is 10.0 Å². The molecule has 1 amide bonds. The van der Waals surface area contributed by atoms with Crippen molar-refractivity contribution in [2.24, 2.45) is 5.92 Å². The third-order valence-electron chi connectivity index (χ3n) is 6.23. The molecule has 0 atom stereocenters. The highest BCUT2D eigenvalue weighted by Crippen LogP contribution is 2.33. The molecule has 0 radical (unpaired) electrons. The molecule has 9 nitrogen and oxygen atoms in total. The summed E-state index contributed by atoms with van der Waals surface area (Å²) in [6.07, 6.45) is 1.93. The number of carbonyl (C=O) groups is 1. The Morgan fingerprint density at radius 1 is 1.15 bits per heavy atom. The van der Waals surface area contributed by atoms with Gasteiger partial charge in [-0.1, -0.05) is 6.92 Å². The molecule has 10 heteroatoms. The molecule has 2 aromatic rings. The molecule has 3 rings (SSSR count). The molecule has 1 N–H and O–H groups in total. The summed E-state index contributed by atoms with van der Waals surface area (Å²) in [5.41, 5.74) is 2.29. The lowest BCUT2D eigenvalue weighted by atomic mass is 9.98. The highest BCUT2D eigenvalue weighted by atomic mass is 32.2. The van der Waals surface area contributed by atoms with Crippen molar-refractivity contribution in [2.75, 3.05) is 37.4 Å². The van der Waals surface area contributed by atoms with Gasteiger partial charge < -0.3 is 10.2 Å². The number of aryl methyl sites for hydroxylation is 1. The van der Waals surface area contributed by atoms with Crippen LogP contribution in [0.4, 0.5) is 17.1 Å². The SMILES string of the molecule is Cc1cc(S(=O)(=O)N(C)C)cc(NC(=O)c2ccc(N3CCC(C)CC3)c([N+](=O)[O-])c2)c1C. The van der Waals surface area contributed by atoms with Gasteiger partial charge in [0.1, 0.15) is 5.69 Å². The number of amides is 1. The van der Waals surface area contributed by atoms with Crippen molar-refractivity contribution in [3.63, 3.8) is 0 Å². The largest absolute Gasteiger partial charge is 0.366 e. The van der Waals surface area contributed by atoms with Gasteiger partial charge in [-0.05, 0) is 68.0 Å². The fourth-order valence-electron chi connectivity index (χ4n) is 3.84. The lowest BCUT2D eigenvalue weighted by molar-refractivity contribution is -0.384. The first kappa shape index (κ1) is 24.7. The number of anilines is 2. The fourth-order valence-corrected chi connectivity index (χ4v) is 4.85. The molecule has 1 aliphatic rings. The van der Waals surface area contributed by atoms with E-state index in [1.54, 1.807) is 32.0 Å². The predicted molar refractivity (Wildman–Crippen MR) is 128 cm³/mol. The van der Waals surface area contributed by atoms with E-state index in [2.05, 4.69) is 12.2 Å². The Hall–Kier alpha value is -2.98. The summed E-state index contributed by atoms with van der Waals surface area (Å²) in [5.74, 6) is 0.0444. The van der Waals surface area contributed by atoms with Gasteiger partial charge in [-0.15, -0.1) is 0 Å². The summed E-state index contributed by atoms with van der Waals surface area (Å²) in [6.45, 7) is 7.18. The molecule has 1 saturated heterocycles. The number of carbonyl (C=O) groups excluding carboxylic acids is 1. The van der Waals surface area contributed by atoms with E-state index >= 15 is 0 Å². The smallest absolute Gasteiger partial charge is 0.293 e. The maximum Gasteiger partial charge on any atom is 0.293 e. The monoisotopic (exact) mass is 474 g/mol. The molecule has 0 aromatic heterocycles. The van der Waals surface area contributed by atoms with Gasteiger partial charge in [0.15, 0.2) is 0 Å². The van der Waals surface area contributed by atoms with Gasteiger partial charge in [0, 0.05) is 44.5 Å². The van der Waals surface area contributed by atoms with Crippen LogP contribution in [0.25, 0.3) is 0 Å². The van der Waals surface area contributed by atoms with Gasteiger partial charge in [0.05, 0.1) is 9.82 Å². The van der Waals surface area contributed by atoms with E-state index in [9.17, 15) is 23.3 Å². The van der Waals surface area contributed by atoms with Crippen molar-refractivity contribution in [1.29, 1.82) is 0 Å². The van der Waals surface area contributed by atoms with Crippen LogP contribution in [-0.4, -0.2) is 50.7 Å². The van der Waals surface area contributed by atoms with Crippen molar-refractivity contribution in [3.8, 4) is 0 Å². The second kappa shape index (κ2) is 9.48. The van der Waals surface area contributed by atoms with E-state index in [0.29, 0.717) is 22.9 Å². The van der Waals surface area contributed by atoms with Crippen molar-refractivity contribution < 1.29 is 18.1 Å². The normalized spacial score (nSPS) is 15.0. The molecule has 178 valence electrons. The predicted octanol–water partition coefficient (Wildman–Crippen LogP) is 3.95. The van der Waals surface area contributed by atoms with E-state index in [1.807, 2.05) is 4.90 Å². The topological polar surface area (TPSA) is 113 Å². The average Bonchev–Trinajstić information content (AvgIpc) is 2.76. The quantitative estimate of drug-likeness (QED) is 0.501. The van der Waals surface area contributed by atoms with Gasteiger partial charge >= 0.3 is 0 Å². The molecule has 0 aliphatic carbocycles. The van der Waals surface area contributed by atoms with Gasteiger partial charge in [-0.3, -0.25) is 14.9 Å². The van der Waals surface area contributed by atoms with Crippen LogP contribution >= 0.6 is 0 Å². The zero-order valence-electron chi connectivity index (χ0n) is 19.6. The van der Waals surface area contributed by atoms with Gasteiger partial charge in [0.25, 0.3) is 11.6 Å². The summed E-state index contributed by atoms with van der Waals surface area (Å²) in [4.78, 5) is 26.3. The number of hydrogen-bond donors (Lipinski definition) is 1. The summed E-state index contributed by atoms with van der Waals surface area (Å²) >= 11 is 0. The molecular formula is C23H30N4O5S. The minimum atomic E-state index is -3.69. The van der Waals surface area contributed by atoms with Crippen LogP contribution in [-0.2, 0) is 10.0 Å². The van der Waals surface area contributed by atoms with E-state index in [-0.39, 0.29) is 16.1 Å². The Labute approximate surface area is 194 Å². The number of piperidine rings is 1. The third kappa shape index (κ3) is 5.17. The first-order chi connectivity index (χ1) is 15.4. The van der Waals surface area contributed by atoms with Crippen LogP contribution in [0.2, 0.25) is 0 Å². The minimum Gasteiger partial charge on any atom is -0.366 e. The fraction of sp³-hybridized carbons (Fsp3) is 0.435. The molecule has 0 unspecified atom stereocenters. The number of rotatable bonds is 6. The summed E-state index contributed by atoms with van der Waals surface area (Å²) in [7, 11) is -0.818. The van der Waals surface area contributed by atoms with Crippen molar-refractivity contribution >= 4 is 33.0 Å². The van der Waals surface area contributed by atoms with Crippen LogP contribution in [0.15, 0.2) is 35.2 Å². The van der Waals surface area contributed by atoms with Gasteiger partial charge in [-0.25, -0.2) is 12.7 Å². The van der Waals surface area contributed by atoms with Crippen LogP contribution in [0, 0.1) is 29.9 Å².